The second kappa shape index (κ2) is 6.64. The molecule has 0 saturated carbocycles. The van der Waals surface area contributed by atoms with Crippen LogP contribution in [0.15, 0.2) is 5.38 Å². The fourth-order valence-corrected chi connectivity index (χ4v) is 3.35. The van der Waals surface area contributed by atoms with Crippen LogP contribution < -0.4 is 5.32 Å². The van der Waals surface area contributed by atoms with E-state index in [0.717, 1.165) is 12.5 Å². The molecule has 2 heterocycles. The summed E-state index contributed by atoms with van der Waals surface area (Å²) in [6, 6.07) is 0. The van der Waals surface area contributed by atoms with Crippen molar-refractivity contribution in [3.8, 4) is 0 Å². The van der Waals surface area contributed by atoms with Gasteiger partial charge in [0.15, 0.2) is 0 Å². The first-order valence-electron chi connectivity index (χ1n) is 6.98. The Hall–Kier alpha value is -0.450. The van der Waals surface area contributed by atoms with Gasteiger partial charge in [-0.3, -0.25) is 0 Å². The summed E-state index contributed by atoms with van der Waals surface area (Å²) in [5.74, 6) is 1.36. The predicted octanol–water partition coefficient (Wildman–Crippen LogP) is 2.70. The Morgan fingerprint density at radius 3 is 3.00 bits per heavy atom. The molecule has 4 heteroatoms. The van der Waals surface area contributed by atoms with E-state index < -0.39 is 0 Å². The Balaban J connectivity index is 1.80. The van der Waals surface area contributed by atoms with Crippen LogP contribution in [0.4, 0.5) is 0 Å². The van der Waals surface area contributed by atoms with Crippen LogP contribution in [-0.2, 0) is 6.54 Å². The summed E-state index contributed by atoms with van der Waals surface area (Å²) in [5, 5.41) is 6.96. The Labute approximate surface area is 115 Å². The lowest BCUT2D eigenvalue weighted by molar-refractivity contribution is 0.236. The van der Waals surface area contributed by atoms with Crippen molar-refractivity contribution in [1.29, 1.82) is 0 Å². The van der Waals surface area contributed by atoms with Crippen molar-refractivity contribution in [3.05, 3.63) is 16.1 Å². The monoisotopic (exact) mass is 267 g/mol. The summed E-state index contributed by atoms with van der Waals surface area (Å²) >= 11 is 1.80. The quantitative estimate of drug-likeness (QED) is 0.889. The normalized spacial score (nSPS) is 20.8. The van der Waals surface area contributed by atoms with Crippen LogP contribution in [-0.4, -0.2) is 36.6 Å². The molecule has 0 spiro atoms. The summed E-state index contributed by atoms with van der Waals surface area (Å²) in [6.07, 6.45) is 2.69. The van der Waals surface area contributed by atoms with Crippen LogP contribution >= 0.6 is 11.3 Å². The van der Waals surface area contributed by atoms with Gasteiger partial charge in [0, 0.05) is 24.4 Å². The van der Waals surface area contributed by atoms with Crippen molar-refractivity contribution in [2.75, 3.05) is 26.7 Å². The molecular formula is C14H25N3S. The average Bonchev–Trinajstić information content (AvgIpc) is 2.78. The number of nitrogens with zero attached hydrogens (tertiary/aromatic N) is 2. The molecule has 0 amide bonds. The second-order valence-electron chi connectivity index (χ2n) is 5.74. The van der Waals surface area contributed by atoms with Crippen LogP contribution in [0.1, 0.15) is 43.3 Å². The van der Waals surface area contributed by atoms with E-state index in [-0.39, 0.29) is 0 Å². The molecule has 1 aliphatic rings. The third kappa shape index (κ3) is 4.04. The van der Waals surface area contributed by atoms with E-state index in [1.165, 1.54) is 43.2 Å². The minimum atomic E-state index is 0.552. The molecule has 0 bridgehead atoms. The molecule has 1 fully saturated rings. The molecule has 1 atom stereocenters. The first-order chi connectivity index (χ1) is 8.65. The van der Waals surface area contributed by atoms with E-state index in [1.54, 1.807) is 11.3 Å². The van der Waals surface area contributed by atoms with Crippen molar-refractivity contribution < 1.29 is 0 Å². The maximum absolute atomic E-state index is 4.70. The van der Waals surface area contributed by atoms with Gasteiger partial charge in [-0.05, 0) is 38.9 Å². The van der Waals surface area contributed by atoms with Crippen molar-refractivity contribution in [1.82, 2.24) is 15.2 Å². The largest absolute Gasteiger partial charge is 0.316 e. The van der Waals surface area contributed by atoms with Gasteiger partial charge in [0.25, 0.3) is 0 Å². The summed E-state index contributed by atoms with van der Waals surface area (Å²) in [6.45, 7) is 8.96. The number of thiazole rings is 1. The minimum Gasteiger partial charge on any atom is -0.316 e. The fraction of sp³-hybridized carbons (Fsp3) is 0.786. The zero-order valence-corrected chi connectivity index (χ0v) is 12.6. The van der Waals surface area contributed by atoms with Crippen LogP contribution in [0.3, 0.4) is 0 Å². The van der Waals surface area contributed by atoms with Gasteiger partial charge in [-0.1, -0.05) is 13.8 Å². The fourth-order valence-electron chi connectivity index (χ4n) is 2.52. The van der Waals surface area contributed by atoms with E-state index in [0.29, 0.717) is 5.92 Å². The first-order valence-corrected chi connectivity index (χ1v) is 7.86. The highest BCUT2D eigenvalue weighted by Crippen LogP contribution is 2.20. The van der Waals surface area contributed by atoms with Gasteiger partial charge in [0.2, 0.25) is 0 Å². The second-order valence-corrected chi connectivity index (χ2v) is 6.63. The number of nitrogens with one attached hydrogen (secondary N) is 1. The summed E-state index contributed by atoms with van der Waals surface area (Å²) in [7, 11) is 2.21. The topological polar surface area (TPSA) is 28.2 Å². The summed E-state index contributed by atoms with van der Waals surface area (Å²) in [5.41, 5.74) is 1.23. The molecule has 1 N–H and O–H groups in total. The van der Waals surface area contributed by atoms with E-state index in [4.69, 9.17) is 4.98 Å². The van der Waals surface area contributed by atoms with Gasteiger partial charge >= 0.3 is 0 Å². The van der Waals surface area contributed by atoms with Gasteiger partial charge in [0.05, 0.1) is 10.7 Å². The molecule has 102 valence electrons. The minimum absolute atomic E-state index is 0.552. The van der Waals surface area contributed by atoms with Gasteiger partial charge in [-0.25, -0.2) is 4.98 Å². The molecule has 1 unspecified atom stereocenters. The van der Waals surface area contributed by atoms with Gasteiger partial charge in [-0.2, -0.15) is 0 Å². The molecule has 0 radical (unpaired) electrons. The molecule has 0 aromatic carbocycles. The number of aromatic nitrogens is 1. The lowest BCUT2D eigenvalue weighted by atomic mass is 9.99. The lowest BCUT2D eigenvalue weighted by Crippen LogP contribution is -2.36. The highest BCUT2D eigenvalue weighted by Gasteiger charge is 2.15. The zero-order valence-electron chi connectivity index (χ0n) is 11.8. The van der Waals surface area contributed by atoms with E-state index in [1.807, 2.05) is 0 Å². The van der Waals surface area contributed by atoms with E-state index in [9.17, 15) is 0 Å². The molecule has 3 nitrogen and oxygen atoms in total. The molecule has 1 aliphatic heterocycles. The van der Waals surface area contributed by atoms with Crippen LogP contribution in [0.25, 0.3) is 0 Å². The maximum Gasteiger partial charge on any atom is 0.0954 e. The van der Waals surface area contributed by atoms with Crippen molar-refractivity contribution >= 4 is 11.3 Å². The molecular weight excluding hydrogens is 242 g/mol. The van der Waals surface area contributed by atoms with Gasteiger partial charge < -0.3 is 10.2 Å². The van der Waals surface area contributed by atoms with E-state index >= 15 is 0 Å². The predicted molar refractivity (Wildman–Crippen MR) is 78.1 cm³/mol. The Kier molecular flexibility index (Phi) is 5.15. The van der Waals surface area contributed by atoms with Crippen LogP contribution in [0.2, 0.25) is 0 Å². The lowest BCUT2D eigenvalue weighted by Gasteiger charge is -2.27. The molecule has 1 aromatic rings. The smallest absolute Gasteiger partial charge is 0.0954 e. The van der Waals surface area contributed by atoms with Gasteiger partial charge in [-0.15, -0.1) is 11.3 Å². The molecule has 1 aromatic heterocycles. The maximum atomic E-state index is 4.70. The van der Waals surface area contributed by atoms with Crippen LogP contribution in [0, 0.1) is 5.92 Å². The van der Waals surface area contributed by atoms with Crippen molar-refractivity contribution in [3.63, 3.8) is 0 Å². The highest BCUT2D eigenvalue weighted by molar-refractivity contribution is 7.09. The Morgan fingerprint density at radius 2 is 2.39 bits per heavy atom. The number of hydrogen-bond donors (Lipinski definition) is 1. The van der Waals surface area contributed by atoms with Crippen molar-refractivity contribution in [2.45, 2.75) is 39.2 Å². The third-order valence-corrected chi connectivity index (χ3v) is 4.66. The Morgan fingerprint density at radius 1 is 1.56 bits per heavy atom. The summed E-state index contributed by atoms with van der Waals surface area (Å²) in [4.78, 5) is 7.12. The first kappa shape index (κ1) is 14.0. The van der Waals surface area contributed by atoms with E-state index in [2.05, 4.69) is 36.5 Å². The Bertz CT molecular complexity index is 356. The molecule has 2 rings (SSSR count). The highest BCUT2D eigenvalue weighted by atomic mass is 32.1. The average molecular weight is 267 g/mol. The number of hydrogen-bond acceptors (Lipinski definition) is 4. The SMILES string of the molecule is CC(C)c1nc(CN(C)CC2CCCNC2)cs1. The zero-order chi connectivity index (χ0) is 13.0. The number of piperidine rings is 1. The van der Waals surface area contributed by atoms with Crippen molar-refractivity contribution in [2.24, 2.45) is 5.92 Å². The number of rotatable bonds is 5. The molecule has 1 saturated heterocycles. The molecule has 0 aliphatic carbocycles. The summed E-state index contributed by atoms with van der Waals surface area (Å²) < 4.78 is 0. The molecule has 18 heavy (non-hydrogen) atoms. The third-order valence-electron chi connectivity index (χ3n) is 3.46. The standard InChI is InChI=1S/C14H25N3S/c1-11(2)14-16-13(10-18-14)9-17(3)8-12-5-4-6-15-7-12/h10-12,15H,4-9H2,1-3H3. The van der Waals surface area contributed by atoms with Gasteiger partial charge in [0.1, 0.15) is 0 Å². The van der Waals surface area contributed by atoms with Crippen LogP contribution in [0.5, 0.6) is 0 Å².